The molecule has 6 aromatic rings. The van der Waals surface area contributed by atoms with Crippen LogP contribution in [0.25, 0.3) is 32.9 Å². The number of para-hydroxylation sites is 1. The van der Waals surface area contributed by atoms with E-state index in [1.807, 2.05) is 18.2 Å². The molecule has 0 amide bonds. The molecule has 0 unspecified atom stereocenters. The van der Waals surface area contributed by atoms with E-state index in [-0.39, 0.29) is 27.9 Å². The molecular weight excluding hydrogens is 560 g/mol. The summed E-state index contributed by atoms with van der Waals surface area (Å²) in [5, 5.41) is 1.68. The minimum absolute atomic E-state index is 0.169. The van der Waals surface area contributed by atoms with Crippen molar-refractivity contribution in [2.75, 3.05) is 28.4 Å². The second-order valence-electron chi connectivity index (χ2n) is 9.00. The molecule has 6 rings (SSSR count). The van der Waals surface area contributed by atoms with Gasteiger partial charge in [0.1, 0.15) is 50.9 Å². The topological polar surface area (TPSA) is 145 Å². The maximum absolute atomic E-state index is 13.2. The molecular formula is C32H24O11. The zero-order chi connectivity index (χ0) is 30.7. The van der Waals surface area contributed by atoms with Gasteiger partial charge in [-0.3, -0.25) is 4.79 Å². The van der Waals surface area contributed by atoms with E-state index in [1.54, 1.807) is 24.3 Å². The molecule has 0 radical (unpaired) electrons. The first kappa shape index (κ1) is 28.7. The lowest BCUT2D eigenvalue weighted by atomic mass is 10.0. The summed E-state index contributed by atoms with van der Waals surface area (Å²) in [7, 11) is 5.78. The Hall–Kier alpha value is -5.84. The highest BCUT2D eigenvalue weighted by atomic mass is 16.5. The molecule has 0 fully saturated rings. The number of carbonyl (C=O) groups excluding carboxylic acids is 1. The van der Waals surface area contributed by atoms with E-state index in [1.165, 1.54) is 58.8 Å². The van der Waals surface area contributed by atoms with Crippen LogP contribution in [0.2, 0.25) is 0 Å². The summed E-state index contributed by atoms with van der Waals surface area (Å²) in [6.07, 6.45) is 0. The molecule has 0 aliphatic heterocycles. The van der Waals surface area contributed by atoms with Crippen LogP contribution >= 0.6 is 0 Å². The van der Waals surface area contributed by atoms with Crippen LogP contribution in [0.1, 0.15) is 15.9 Å². The summed E-state index contributed by atoms with van der Waals surface area (Å²) in [6, 6.07) is 19.4. The lowest BCUT2D eigenvalue weighted by Crippen LogP contribution is -2.21. The molecule has 3 aromatic carbocycles. The normalized spacial score (nSPS) is 10.7. The van der Waals surface area contributed by atoms with Crippen molar-refractivity contribution in [3.05, 3.63) is 115 Å². The number of rotatable bonds is 6. The molecule has 0 bridgehead atoms. The minimum atomic E-state index is -0.918. The van der Waals surface area contributed by atoms with Crippen molar-refractivity contribution >= 4 is 38.7 Å². The molecule has 3 heterocycles. The van der Waals surface area contributed by atoms with Gasteiger partial charge in [0.2, 0.25) is 5.78 Å². The van der Waals surface area contributed by atoms with Crippen molar-refractivity contribution in [1.82, 2.24) is 0 Å². The van der Waals surface area contributed by atoms with Crippen molar-refractivity contribution in [2.45, 2.75) is 0 Å². The molecule has 0 saturated heterocycles. The Labute approximate surface area is 242 Å². The van der Waals surface area contributed by atoms with Crippen molar-refractivity contribution in [1.29, 1.82) is 0 Å². The number of carbonyl (C=O) groups is 1. The first-order valence-corrected chi connectivity index (χ1v) is 12.7. The SMILES string of the molecule is COc1cc(OC)c2cc(C(=O)c3cc4c(OC)cc(OC)cc4oc3=O)c(=O)oc2c1.O=c1ccc2ccccc2o1. The second kappa shape index (κ2) is 12.0. The number of hydrogen-bond acceptors (Lipinski definition) is 11. The van der Waals surface area contributed by atoms with Crippen molar-refractivity contribution in [3.63, 3.8) is 0 Å². The zero-order valence-electron chi connectivity index (χ0n) is 23.4. The van der Waals surface area contributed by atoms with Crippen LogP contribution in [0.15, 0.2) is 100 Å². The van der Waals surface area contributed by atoms with E-state index in [0.29, 0.717) is 39.4 Å². The molecule has 0 saturated carbocycles. The van der Waals surface area contributed by atoms with Crippen LogP contribution in [0.4, 0.5) is 0 Å². The molecule has 0 N–H and O–H groups in total. The van der Waals surface area contributed by atoms with Gasteiger partial charge >= 0.3 is 16.9 Å². The summed E-state index contributed by atoms with van der Waals surface area (Å²) >= 11 is 0. The van der Waals surface area contributed by atoms with E-state index in [9.17, 15) is 19.2 Å². The van der Waals surface area contributed by atoms with E-state index in [0.717, 1.165) is 5.39 Å². The quantitative estimate of drug-likeness (QED) is 0.193. The molecule has 0 aliphatic carbocycles. The number of hydrogen-bond donors (Lipinski definition) is 0. The summed E-state index contributed by atoms with van der Waals surface area (Å²) in [4.78, 5) is 49.1. The fourth-order valence-electron chi connectivity index (χ4n) is 4.37. The molecule has 0 aliphatic rings. The average molecular weight is 585 g/mol. The predicted octanol–water partition coefficient (Wildman–Crippen LogP) is 4.96. The highest BCUT2D eigenvalue weighted by Gasteiger charge is 2.23. The van der Waals surface area contributed by atoms with Crippen molar-refractivity contribution in [3.8, 4) is 23.0 Å². The van der Waals surface area contributed by atoms with Crippen LogP contribution in [0.5, 0.6) is 23.0 Å². The van der Waals surface area contributed by atoms with Crippen molar-refractivity contribution < 1.29 is 37.0 Å². The summed E-state index contributed by atoms with van der Waals surface area (Å²) in [5.41, 5.74) is -1.86. The van der Waals surface area contributed by atoms with Gasteiger partial charge in [-0.05, 0) is 24.3 Å². The van der Waals surface area contributed by atoms with Crippen LogP contribution in [0.3, 0.4) is 0 Å². The maximum atomic E-state index is 13.2. The standard InChI is InChI=1S/C23H18O9.C9H6O2/c1-27-11-5-17(29-3)13-9-15(22(25)31-19(13)7-11)21(24)16-10-14-18(30-4)6-12(28-2)8-20(14)32-23(16)26;10-9-6-5-7-3-1-2-4-8(7)11-9/h5-10H,1-4H3;1-6H. The molecule has 0 atom stereocenters. The number of benzene rings is 3. The minimum Gasteiger partial charge on any atom is -0.496 e. The Morgan fingerprint density at radius 2 is 1.07 bits per heavy atom. The Bertz CT molecular complexity index is 2060. The van der Waals surface area contributed by atoms with E-state index in [2.05, 4.69) is 0 Å². The Morgan fingerprint density at radius 3 is 1.56 bits per heavy atom. The highest BCUT2D eigenvalue weighted by Crippen LogP contribution is 2.33. The van der Waals surface area contributed by atoms with Crippen LogP contribution in [-0.4, -0.2) is 34.2 Å². The number of methoxy groups -OCH3 is 4. The molecule has 43 heavy (non-hydrogen) atoms. The molecule has 3 aromatic heterocycles. The molecule has 218 valence electrons. The first-order valence-electron chi connectivity index (χ1n) is 12.7. The lowest BCUT2D eigenvalue weighted by Gasteiger charge is -2.10. The maximum Gasteiger partial charge on any atom is 0.347 e. The van der Waals surface area contributed by atoms with Gasteiger partial charge < -0.3 is 32.2 Å². The first-order chi connectivity index (χ1) is 20.8. The number of fused-ring (bicyclic) bond motifs is 3. The number of ether oxygens (including phenoxy) is 4. The third-order valence-corrected chi connectivity index (χ3v) is 6.51. The van der Waals surface area contributed by atoms with Gasteiger partial charge in [0.15, 0.2) is 0 Å². The van der Waals surface area contributed by atoms with Gasteiger partial charge in [0, 0.05) is 35.7 Å². The average Bonchev–Trinajstić information content (AvgIpc) is 3.02. The smallest absolute Gasteiger partial charge is 0.347 e. The van der Waals surface area contributed by atoms with Gasteiger partial charge in [0.25, 0.3) is 0 Å². The predicted molar refractivity (Wildman–Crippen MR) is 157 cm³/mol. The fourth-order valence-corrected chi connectivity index (χ4v) is 4.37. The monoisotopic (exact) mass is 584 g/mol. The summed E-state index contributed by atoms with van der Waals surface area (Å²) < 4.78 is 36.5. The van der Waals surface area contributed by atoms with Gasteiger partial charge in [-0.15, -0.1) is 0 Å². The molecule has 11 heteroatoms. The van der Waals surface area contributed by atoms with Crippen LogP contribution in [0, 0.1) is 0 Å². The van der Waals surface area contributed by atoms with Gasteiger partial charge in [-0.2, -0.15) is 0 Å². The summed E-state index contributed by atoms with van der Waals surface area (Å²) in [5.74, 6) is 0.628. The van der Waals surface area contributed by atoms with E-state index < -0.39 is 17.0 Å². The molecule has 0 spiro atoms. The highest BCUT2D eigenvalue weighted by molar-refractivity contribution is 6.11. The third-order valence-electron chi connectivity index (χ3n) is 6.51. The van der Waals surface area contributed by atoms with E-state index >= 15 is 0 Å². The summed E-state index contributed by atoms with van der Waals surface area (Å²) in [6.45, 7) is 0. The second-order valence-corrected chi connectivity index (χ2v) is 9.00. The zero-order valence-corrected chi connectivity index (χ0v) is 23.4. The van der Waals surface area contributed by atoms with E-state index in [4.69, 9.17) is 32.2 Å². The third kappa shape index (κ3) is 5.68. The lowest BCUT2D eigenvalue weighted by molar-refractivity contribution is 0.103. The Kier molecular flexibility index (Phi) is 7.97. The van der Waals surface area contributed by atoms with Gasteiger partial charge in [0.05, 0.1) is 39.2 Å². The van der Waals surface area contributed by atoms with Gasteiger partial charge in [-0.1, -0.05) is 18.2 Å². The van der Waals surface area contributed by atoms with Crippen molar-refractivity contribution in [2.24, 2.45) is 0 Å². The van der Waals surface area contributed by atoms with Crippen LogP contribution in [-0.2, 0) is 0 Å². The largest absolute Gasteiger partial charge is 0.496 e. The molecule has 11 nitrogen and oxygen atoms in total. The van der Waals surface area contributed by atoms with Gasteiger partial charge in [-0.25, -0.2) is 14.4 Å². The van der Waals surface area contributed by atoms with Crippen LogP contribution < -0.4 is 35.8 Å². The number of ketones is 1. The Morgan fingerprint density at radius 1 is 0.558 bits per heavy atom. The Balaban J connectivity index is 0.000000279. The fraction of sp³-hybridized carbons (Fsp3) is 0.125.